The van der Waals surface area contributed by atoms with E-state index < -0.39 is 0 Å². The summed E-state index contributed by atoms with van der Waals surface area (Å²) in [6.07, 6.45) is 0. The average molecular weight is 398 g/mol. The number of ether oxygens (including phenoxy) is 2. The number of rotatable bonds is 3. The monoisotopic (exact) mass is 398 g/mol. The first-order valence-corrected chi connectivity index (χ1v) is 7.05. The highest BCUT2D eigenvalue weighted by molar-refractivity contribution is 14.0. The van der Waals surface area contributed by atoms with E-state index in [-0.39, 0.29) is 29.5 Å². The van der Waals surface area contributed by atoms with E-state index >= 15 is 0 Å². The third-order valence-electron chi connectivity index (χ3n) is 3.83. The molecule has 0 atom stereocenters. The Balaban J connectivity index is 0.00000200. The molecule has 2 rings (SSSR count). The van der Waals surface area contributed by atoms with Gasteiger partial charge >= 0.3 is 0 Å². The summed E-state index contributed by atoms with van der Waals surface area (Å²) in [7, 11) is 0. The summed E-state index contributed by atoms with van der Waals surface area (Å²) in [5.74, 6) is 0.643. The molecular weight excluding hydrogens is 371 g/mol. The van der Waals surface area contributed by atoms with Crippen molar-refractivity contribution in [2.45, 2.75) is 19.4 Å². The van der Waals surface area contributed by atoms with Gasteiger partial charge in [-0.25, -0.2) is 0 Å². The lowest BCUT2D eigenvalue weighted by Gasteiger charge is -2.40. The maximum absolute atomic E-state index is 6.06. The summed E-state index contributed by atoms with van der Waals surface area (Å²) in [6.45, 7) is 11.9. The molecule has 0 aromatic rings. The second-order valence-electron chi connectivity index (χ2n) is 5.69. The molecule has 7 heteroatoms. The lowest BCUT2D eigenvalue weighted by Crippen LogP contribution is -2.52. The van der Waals surface area contributed by atoms with Crippen molar-refractivity contribution in [3.05, 3.63) is 0 Å². The van der Waals surface area contributed by atoms with E-state index in [1.807, 2.05) is 0 Å². The maximum Gasteiger partial charge on any atom is 0.191 e. The Morgan fingerprint density at radius 2 is 1.55 bits per heavy atom. The highest BCUT2D eigenvalue weighted by atomic mass is 127. The van der Waals surface area contributed by atoms with Crippen molar-refractivity contribution >= 4 is 29.9 Å². The van der Waals surface area contributed by atoms with Crippen LogP contribution in [0.15, 0.2) is 4.99 Å². The van der Waals surface area contributed by atoms with E-state index in [2.05, 4.69) is 28.6 Å². The highest BCUT2D eigenvalue weighted by Crippen LogP contribution is 2.16. The third kappa shape index (κ3) is 5.01. The van der Waals surface area contributed by atoms with Gasteiger partial charge in [0.15, 0.2) is 5.96 Å². The Hall–Kier alpha value is -0.120. The highest BCUT2D eigenvalue weighted by Gasteiger charge is 2.28. The molecular formula is C13H27IN4O2. The molecule has 0 spiro atoms. The van der Waals surface area contributed by atoms with Crippen molar-refractivity contribution in [3.8, 4) is 0 Å². The molecule has 0 unspecified atom stereocenters. The van der Waals surface area contributed by atoms with E-state index in [1.54, 1.807) is 0 Å². The predicted octanol–water partition coefficient (Wildman–Crippen LogP) is 0.362. The number of hydrogen-bond donors (Lipinski definition) is 1. The van der Waals surface area contributed by atoms with Crippen molar-refractivity contribution < 1.29 is 9.47 Å². The number of nitrogens with zero attached hydrogens (tertiary/aromatic N) is 3. The molecule has 0 amide bonds. The molecule has 2 aliphatic heterocycles. The SMILES string of the molecule is CC(C)(CN=C(N)N1CCOCC1)N1CCOCC1.I. The van der Waals surface area contributed by atoms with Crippen molar-refractivity contribution in [2.75, 3.05) is 59.2 Å². The van der Waals surface area contributed by atoms with Crippen molar-refractivity contribution in [1.82, 2.24) is 9.80 Å². The molecule has 20 heavy (non-hydrogen) atoms. The molecule has 2 N–H and O–H groups in total. The topological polar surface area (TPSA) is 63.3 Å². The largest absolute Gasteiger partial charge is 0.379 e. The molecule has 0 aromatic heterocycles. The van der Waals surface area contributed by atoms with E-state index in [0.717, 1.165) is 59.2 Å². The van der Waals surface area contributed by atoms with Crippen molar-refractivity contribution in [3.63, 3.8) is 0 Å². The van der Waals surface area contributed by atoms with Gasteiger partial charge in [0.1, 0.15) is 0 Å². The van der Waals surface area contributed by atoms with Crippen LogP contribution in [0.1, 0.15) is 13.8 Å². The van der Waals surface area contributed by atoms with Gasteiger partial charge in [-0.3, -0.25) is 9.89 Å². The van der Waals surface area contributed by atoms with Gasteiger partial charge in [-0.2, -0.15) is 0 Å². The number of nitrogens with two attached hydrogens (primary N) is 1. The Morgan fingerprint density at radius 3 is 2.10 bits per heavy atom. The predicted molar refractivity (Wildman–Crippen MR) is 90.8 cm³/mol. The zero-order valence-electron chi connectivity index (χ0n) is 12.5. The summed E-state index contributed by atoms with van der Waals surface area (Å²) in [4.78, 5) is 9.10. The Kier molecular flexibility index (Phi) is 7.49. The lowest BCUT2D eigenvalue weighted by molar-refractivity contribution is -0.00695. The molecule has 118 valence electrons. The van der Waals surface area contributed by atoms with Gasteiger partial charge in [0.2, 0.25) is 0 Å². The number of morpholine rings is 2. The normalized spacial score (nSPS) is 22.5. The number of halogens is 1. The van der Waals surface area contributed by atoms with Gasteiger partial charge in [-0.05, 0) is 13.8 Å². The summed E-state index contributed by atoms with van der Waals surface area (Å²) in [5.41, 5.74) is 6.09. The first-order valence-electron chi connectivity index (χ1n) is 7.05. The standard InChI is InChI=1S/C13H26N4O2.HI/c1-13(2,17-5-9-19-10-6-17)11-15-12(14)16-3-7-18-8-4-16;/h3-11H2,1-2H3,(H2,14,15);1H. The molecule has 2 fully saturated rings. The Labute approximate surface area is 138 Å². The molecule has 0 radical (unpaired) electrons. The lowest BCUT2D eigenvalue weighted by atomic mass is 10.0. The van der Waals surface area contributed by atoms with Crippen LogP contribution in [0.3, 0.4) is 0 Å². The Bertz CT molecular complexity index is 313. The minimum atomic E-state index is 0. The minimum absolute atomic E-state index is 0. The van der Waals surface area contributed by atoms with Crippen LogP contribution in [0.5, 0.6) is 0 Å². The van der Waals surface area contributed by atoms with Crippen molar-refractivity contribution in [1.29, 1.82) is 0 Å². The van der Waals surface area contributed by atoms with Crippen LogP contribution in [0.4, 0.5) is 0 Å². The first-order chi connectivity index (χ1) is 9.09. The maximum atomic E-state index is 6.06. The van der Waals surface area contributed by atoms with Crippen LogP contribution in [0.25, 0.3) is 0 Å². The molecule has 6 nitrogen and oxygen atoms in total. The zero-order chi connectivity index (χ0) is 13.7. The molecule has 2 heterocycles. The summed E-state index contributed by atoms with van der Waals surface area (Å²) in [5, 5.41) is 0. The van der Waals surface area contributed by atoms with Crippen LogP contribution in [0, 0.1) is 0 Å². The van der Waals surface area contributed by atoms with Crippen LogP contribution in [0.2, 0.25) is 0 Å². The number of aliphatic imine (C=N–C) groups is 1. The van der Waals surface area contributed by atoms with Gasteiger partial charge in [-0.15, -0.1) is 24.0 Å². The van der Waals surface area contributed by atoms with Gasteiger partial charge in [0.25, 0.3) is 0 Å². The van der Waals surface area contributed by atoms with E-state index in [9.17, 15) is 0 Å². The average Bonchev–Trinajstić information content (AvgIpc) is 2.47. The fourth-order valence-corrected chi connectivity index (χ4v) is 2.44. The summed E-state index contributed by atoms with van der Waals surface area (Å²) < 4.78 is 10.7. The fraction of sp³-hybridized carbons (Fsp3) is 0.923. The second-order valence-corrected chi connectivity index (χ2v) is 5.69. The smallest absolute Gasteiger partial charge is 0.191 e. The number of hydrogen-bond acceptors (Lipinski definition) is 4. The first kappa shape index (κ1) is 17.9. The van der Waals surface area contributed by atoms with E-state index in [1.165, 1.54) is 0 Å². The van der Waals surface area contributed by atoms with E-state index in [0.29, 0.717) is 5.96 Å². The van der Waals surface area contributed by atoms with Crippen LogP contribution in [-0.2, 0) is 9.47 Å². The van der Waals surface area contributed by atoms with Crippen LogP contribution < -0.4 is 5.73 Å². The summed E-state index contributed by atoms with van der Waals surface area (Å²) >= 11 is 0. The zero-order valence-corrected chi connectivity index (χ0v) is 14.8. The van der Waals surface area contributed by atoms with E-state index in [4.69, 9.17) is 15.2 Å². The summed E-state index contributed by atoms with van der Waals surface area (Å²) in [6, 6.07) is 0. The quantitative estimate of drug-likeness (QED) is 0.423. The van der Waals surface area contributed by atoms with Gasteiger partial charge in [0, 0.05) is 31.7 Å². The molecule has 0 bridgehead atoms. The molecule has 0 aromatic carbocycles. The van der Waals surface area contributed by atoms with Gasteiger partial charge in [-0.1, -0.05) is 0 Å². The molecule has 2 saturated heterocycles. The number of guanidine groups is 1. The molecule has 0 saturated carbocycles. The van der Waals surface area contributed by atoms with Crippen molar-refractivity contribution in [2.24, 2.45) is 10.7 Å². The molecule has 2 aliphatic rings. The minimum Gasteiger partial charge on any atom is -0.379 e. The fourth-order valence-electron chi connectivity index (χ4n) is 2.44. The van der Waals surface area contributed by atoms with Crippen LogP contribution in [-0.4, -0.2) is 80.4 Å². The second kappa shape index (κ2) is 8.35. The van der Waals surface area contributed by atoms with Gasteiger partial charge < -0.3 is 20.1 Å². The molecule has 0 aliphatic carbocycles. The third-order valence-corrected chi connectivity index (χ3v) is 3.83. The van der Waals surface area contributed by atoms with Gasteiger partial charge in [0.05, 0.1) is 33.0 Å². The van der Waals surface area contributed by atoms with Crippen LogP contribution >= 0.6 is 24.0 Å². The Morgan fingerprint density at radius 1 is 1.05 bits per heavy atom.